The second kappa shape index (κ2) is 22.7. The molecule has 0 spiro atoms. The fourth-order valence-corrected chi connectivity index (χ4v) is 6.47. The minimum absolute atomic E-state index is 0. The number of methoxy groups -OCH3 is 3. The lowest BCUT2D eigenvalue weighted by Gasteiger charge is -2.41. The molecule has 49 heavy (non-hydrogen) atoms. The average Bonchev–Trinajstić information content (AvgIpc) is 3.50. The van der Waals surface area contributed by atoms with Crippen molar-refractivity contribution in [3.05, 3.63) is 0 Å². The Morgan fingerprint density at radius 1 is 0.755 bits per heavy atom. The lowest BCUT2D eigenvalue weighted by atomic mass is 9.89. The molecule has 4 aliphatic heterocycles. The highest BCUT2D eigenvalue weighted by Gasteiger charge is 2.43. The van der Waals surface area contributed by atoms with Gasteiger partial charge in [0.2, 0.25) is 0 Å². The molecule has 0 bridgehead atoms. The first kappa shape index (κ1) is 44.0. The van der Waals surface area contributed by atoms with Gasteiger partial charge in [0.1, 0.15) is 5.78 Å². The van der Waals surface area contributed by atoms with E-state index in [9.17, 15) is 29.1 Å². The molecule has 4 fully saturated rings. The van der Waals surface area contributed by atoms with Crippen LogP contribution >= 0.6 is 0 Å². The monoisotopic (exact) mass is 702 g/mol. The summed E-state index contributed by atoms with van der Waals surface area (Å²) in [7, 11) is 4.43. The Bertz CT molecular complexity index is 1030. The van der Waals surface area contributed by atoms with Crippen molar-refractivity contribution >= 4 is 29.9 Å². The molecule has 15 heteroatoms. The molecule has 0 aromatic carbocycles. The Kier molecular flexibility index (Phi) is 20.3. The number of nitrogens with one attached hydrogen (secondary N) is 1. The summed E-state index contributed by atoms with van der Waals surface area (Å²) in [6.07, 6.45) is 6.60. The van der Waals surface area contributed by atoms with Crippen LogP contribution in [0.5, 0.6) is 0 Å². The summed E-state index contributed by atoms with van der Waals surface area (Å²) >= 11 is 0. The number of nitrogens with zero attached hydrogens (tertiary/aromatic N) is 3. The minimum Gasteiger partial charge on any atom is -0.479 e. The number of esters is 1. The Hall–Kier alpha value is -3.01. The molecule has 15 nitrogen and oxygen atoms in total. The highest BCUT2D eigenvalue weighted by Crippen LogP contribution is 2.29. The van der Waals surface area contributed by atoms with Gasteiger partial charge in [-0.05, 0) is 78.3 Å². The lowest BCUT2D eigenvalue weighted by Crippen LogP contribution is -2.53. The van der Waals surface area contributed by atoms with Crippen LogP contribution in [0.1, 0.15) is 85.5 Å². The fraction of sp³-hybridized carbons (Fsp3) is 0.853. The van der Waals surface area contributed by atoms with Gasteiger partial charge in [0.05, 0.1) is 20.3 Å². The zero-order chi connectivity index (χ0) is 35.6. The molecule has 0 aromatic rings. The summed E-state index contributed by atoms with van der Waals surface area (Å²) in [5.41, 5.74) is -1.72. The van der Waals surface area contributed by atoms with E-state index in [1.807, 2.05) is 6.92 Å². The summed E-state index contributed by atoms with van der Waals surface area (Å²) in [6.45, 7) is 10.1. The molecule has 1 unspecified atom stereocenters. The van der Waals surface area contributed by atoms with E-state index in [0.29, 0.717) is 77.4 Å². The zero-order valence-corrected chi connectivity index (χ0v) is 29.6. The first-order chi connectivity index (χ1) is 23.0. The molecule has 0 saturated carbocycles. The number of hydrogen-bond acceptors (Lipinski definition) is 12. The van der Waals surface area contributed by atoms with E-state index < -0.39 is 17.2 Å². The molecular formula is C34H62N4O11. The Morgan fingerprint density at radius 3 is 1.82 bits per heavy atom. The largest absolute Gasteiger partial charge is 0.479 e. The van der Waals surface area contributed by atoms with Crippen LogP contribution in [-0.4, -0.2) is 154 Å². The quantitative estimate of drug-likeness (QED) is 0.293. The third kappa shape index (κ3) is 13.3. The summed E-state index contributed by atoms with van der Waals surface area (Å²) in [5.74, 6) is -0.882. The van der Waals surface area contributed by atoms with Gasteiger partial charge in [-0.2, -0.15) is 0 Å². The highest BCUT2D eigenvalue weighted by atomic mass is 16.6. The number of Topliss-reactive ketones (excluding diaryl/α,β-unsaturated/α-hetero) is 1. The summed E-state index contributed by atoms with van der Waals surface area (Å²) < 4.78 is 25.1. The molecule has 4 saturated heterocycles. The van der Waals surface area contributed by atoms with Crippen LogP contribution in [0.25, 0.3) is 0 Å². The van der Waals surface area contributed by atoms with Crippen molar-refractivity contribution in [3.8, 4) is 0 Å². The fourth-order valence-electron chi connectivity index (χ4n) is 6.47. The lowest BCUT2D eigenvalue weighted by molar-refractivity contribution is -0.169. The van der Waals surface area contributed by atoms with E-state index >= 15 is 0 Å². The number of ether oxygens (including phenoxy) is 5. The minimum atomic E-state index is -1.03. The Labute approximate surface area is 292 Å². The topological polar surface area (TPSA) is 173 Å². The van der Waals surface area contributed by atoms with Crippen LogP contribution in [0.2, 0.25) is 0 Å². The van der Waals surface area contributed by atoms with Crippen molar-refractivity contribution in [3.63, 3.8) is 0 Å². The molecule has 284 valence electrons. The van der Waals surface area contributed by atoms with Crippen LogP contribution in [0.15, 0.2) is 0 Å². The van der Waals surface area contributed by atoms with Crippen LogP contribution in [0.3, 0.4) is 0 Å². The van der Waals surface area contributed by atoms with Crippen LogP contribution in [0, 0.1) is 0 Å². The van der Waals surface area contributed by atoms with Crippen LogP contribution < -0.4 is 5.32 Å². The van der Waals surface area contributed by atoms with E-state index in [0.717, 1.165) is 58.4 Å². The van der Waals surface area contributed by atoms with E-state index in [1.165, 1.54) is 14.2 Å². The highest BCUT2D eigenvalue weighted by molar-refractivity contribution is 5.80. The molecule has 2 N–H and O–H groups in total. The third-order valence-corrected chi connectivity index (χ3v) is 9.56. The standard InChI is InChI=1S/C16H28N2O5.C9H15NO3.C8H15NO3.CH4/c1-3-23-15(21)18-9-4-5-13(6-10-18)17-11-7-16(22-2,8-12-17)14(19)20;1-2-13-9(12)10-6-3-4-8(11)5-7-10;1-11-7(10)8(12-2)3-5-9-6-4-8;/h13H,3-12H2,1-2H3,(H,19,20);2-7H2,1H3;9H,3-6H2,1-2H3;1H4. The number of carbonyl (C=O) groups is 5. The number of piperidine rings is 2. The number of carboxylic acids is 1. The first-order valence-corrected chi connectivity index (χ1v) is 17.2. The number of carbonyl (C=O) groups excluding carboxylic acids is 4. The molecule has 4 aliphatic rings. The maximum Gasteiger partial charge on any atom is 0.409 e. The number of aliphatic carboxylic acids is 1. The van der Waals surface area contributed by atoms with Gasteiger partial charge in [0.15, 0.2) is 11.2 Å². The van der Waals surface area contributed by atoms with Crippen molar-refractivity contribution in [1.29, 1.82) is 0 Å². The third-order valence-electron chi connectivity index (χ3n) is 9.56. The van der Waals surface area contributed by atoms with Crippen LogP contribution in [-0.2, 0) is 38.1 Å². The maximum absolute atomic E-state index is 11.8. The SMILES string of the molecule is C.CCOC(=O)N1CCCC(=O)CC1.CCOC(=O)N1CCCC(N2CCC(OC)(C(=O)O)CC2)CC1.COC(=O)C1(OC)CCNCC1. The Balaban J connectivity index is 0.000000394. The molecule has 4 rings (SSSR count). The molecular weight excluding hydrogens is 640 g/mol. The van der Waals surface area contributed by atoms with Crippen molar-refractivity contribution in [2.45, 2.75) is 103 Å². The predicted molar refractivity (Wildman–Crippen MR) is 182 cm³/mol. The zero-order valence-electron chi connectivity index (χ0n) is 29.6. The average molecular weight is 703 g/mol. The van der Waals surface area contributed by atoms with Gasteiger partial charge in [0.25, 0.3) is 0 Å². The summed E-state index contributed by atoms with van der Waals surface area (Å²) in [5, 5.41) is 12.5. The van der Waals surface area contributed by atoms with Gasteiger partial charge < -0.3 is 48.8 Å². The maximum atomic E-state index is 11.8. The predicted octanol–water partition coefficient (Wildman–Crippen LogP) is 3.33. The molecule has 0 aliphatic carbocycles. The normalized spacial score (nSPS) is 22.2. The van der Waals surface area contributed by atoms with Gasteiger partial charge in [0, 0.05) is 72.4 Å². The van der Waals surface area contributed by atoms with Crippen molar-refractivity contribution in [1.82, 2.24) is 20.0 Å². The number of hydrogen-bond donors (Lipinski definition) is 2. The van der Waals surface area contributed by atoms with Gasteiger partial charge in [-0.3, -0.25) is 4.79 Å². The van der Waals surface area contributed by atoms with Gasteiger partial charge >= 0.3 is 24.1 Å². The number of ketones is 1. The first-order valence-electron chi connectivity index (χ1n) is 17.2. The van der Waals surface area contributed by atoms with E-state index in [-0.39, 0.29) is 31.4 Å². The van der Waals surface area contributed by atoms with Crippen molar-refractivity contribution in [2.24, 2.45) is 0 Å². The number of carboxylic acid groups (broad SMARTS) is 1. The van der Waals surface area contributed by atoms with E-state index in [1.54, 1.807) is 23.8 Å². The Morgan fingerprint density at radius 2 is 1.31 bits per heavy atom. The van der Waals surface area contributed by atoms with Gasteiger partial charge in [-0.15, -0.1) is 0 Å². The molecule has 2 amide bonds. The smallest absolute Gasteiger partial charge is 0.409 e. The number of amides is 2. The van der Waals surface area contributed by atoms with Crippen LogP contribution in [0.4, 0.5) is 9.59 Å². The molecule has 1 atom stereocenters. The molecule has 0 radical (unpaired) electrons. The number of rotatable bonds is 7. The van der Waals surface area contributed by atoms with E-state index in [2.05, 4.69) is 10.2 Å². The summed E-state index contributed by atoms with van der Waals surface area (Å²) in [6, 6.07) is 0.401. The molecule has 4 heterocycles. The van der Waals surface area contributed by atoms with Crippen molar-refractivity contribution in [2.75, 3.05) is 86.9 Å². The van der Waals surface area contributed by atoms with E-state index in [4.69, 9.17) is 23.7 Å². The van der Waals surface area contributed by atoms with Gasteiger partial charge in [-0.25, -0.2) is 19.2 Å². The second-order valence-electron chi connectivity index (χ2n) is 12.3. The van der Waals surface area contributed by atoms with Gasteiger partial charge in [-0.1, -0.05) is 7.43 Å². The molecule has 0 aromatic heterocycles. The summed E-state index contributed by atoms with van der Waals surface area (Å²) in [4.78, 5) is 62.6. The van der Waals surface area contributed by atoms with Crippen molar-refractivity contribution < 1.29 is 52.8 Å². The second-order valence-corrected chi connectivity index (χ2v) is 12.3. The number of likely N-dealkylation sites (tertiary alicyclic amines) is 3.